The molecule has 30 heavy (non-hydrogen) atoms. The molecule has 4 rings (SSSR count). The normalized spacial score (nSPS) is 25.5. The summed E-state index contributed by atoms with van der Waals surface area (Å²) < 4.78 is 19.6. The standard InChI is InChI=1S/C22H29FN2O5/c1-20(2,3)30-19(29)24-13-14-4-5-15(12-16(14)23)25-17(26)21-6-9-22(10-7-21,11-8-21)18(27)28/h4-5,12H,6-11,13H2,1-3H3,(H,24,29)(H,25,26)(H,27,28). The molecule has 3 N–H and O–H groups in total. The maximum atomic E-state index is 14.4. The molecule has 8 heteroatoms. The van der Waals surface area contributed by atoms with Crippen molar-refractivity contribution in [3.63, 3.8) is 0 Å². The number of alkyl carbamates (subject to hydrolysis) is 1. The van der Waals surface area contributed by atoms with Crippen LogP contribution in [0.4, 0.5) is 14.9 Å². The number of benzene rings is 1. The van der Waals surface area contributed by atoms with Crippen LogP contribution in [0.1, 0.15) is 64.9 Å². The molecule has 3 fully saturated rings. The van der Waals surface area contributed by atoms with Crippen molar-refractivity contribution in [2.24, 2.45) is 10.8 Å². The van der Waals surface area contributed by atoms with Crippen LogP contribution in [0, 0.1) is 16.6 Å². The maximum absolute atomic E-state index is 14.4. The Balaban J connectivity index is 1.59. The van der Waals surface area contributed by atoms with Crippen LogP contribution in [-0.4, -0.2) is 28.7 Å². The lowest BCUT2D eigenvalue weighted by Crippen LogP contribution is -2.50. The summed E-state index contributed by atoms with van der Waals surface area (Å²) in [5.41, 5.74) is -1.28. The van der Waals surface area contributed by atoms with Gasteiger partial charge in [-0.3, -0.25) is 9.59 Å². The number of carboxylic acids is 1. The molecule has 3 aliphatic rings. The molecule has 1 aromatic carbocycles. The lowest BCUT2D eigenvalue weighted by Gasteiger charge is -2.50. The van der Waals surface area contributed by atoms with Crippen molar-refractivity contribution >= 4 is 23.7 Å². The minimum absolute atomic E-state index is 0.0316. The van der Waals surface area contributed by atoms with Gasteiger partial charge in [0, 0.05) is 23.2 Å². The maximum Gasteiger partial charge on any atom is 0.407 e. The Morgan fingerprint density at radius 1 is 1.07 bits per heavy atom. The molecule has 7 nitrogen and oxygen atoms in total. The number of ether oxygens (including phenoxy) is 1. The topological polar surface area (TPSA) is 105 Å². The molecule has 0 aliphatic heterocycles. The predicted octanol–water partition coefficient (Wildman–Crippen LogP) is 4.21. The molecular formula is C22H29FN2O5. The number of anilines is 1. The van der Waals surface area contributed by atoms with Gasteiger partial charge in [-0.05, 0) is 71.4 Å². The van der Waals surface area contributed by atoms with E-state index in [9.17, 15) is 23.9 Å². The van der Waals surface area contributed by atoms with Crippen LogP contribution in [0.5, 0.6) is 0 Å². The molecule has 3 saturated carbocycles. The molecule has 3 aliphatic carbocycles. The lowest BCUT2D eigenvalue weighted by atomic mass is 9.53. The minimum atomic E-state index is -0.770. The molecule has 0 unspecified atom stereocenters. The van der Waals surface area contributed by atoms with E-state index in [0.29, 0.717) is 44.2 Å². The zero-order valence-electron chi connectivity index (χ0n) is 17.6. The van der Waals surface area contributed by atoms with Crippen molar-refractivity contribution in [3.05, 3.63) is 29.6 Å². The van der Waals surface area contributed by atoms with E-state index in [-0.39, 0.29) is 18.0 Å². The van der Waals surface area contributed by atoms with Gasteiger partial charge in [0.25, 0.3) is 0 Å². The fourth-order valence-corrected chi connectivity index (χ4v) is 4.36. The van der Waals surface area contributed by atoms with Gasteiger partial charge in [-0.15, -0.1) is 0 Å². The van der Waals surface area contributed by atoms with Crippen molar-refractivity contribution in [2.75, 3.05) is 5.32 Å². The van der Waals surface area contributed by atoms with Crippen molar-refractivity contribution in [2.45, 2.75) is 71.4 Å². The van der Waals surface area contributed by atoms with Gasteiger partial charge in [0.1, 0.15) is 11.4 Å². The second-order valence-electron chi connectivity index (χ2n) is 9.48. The Hall–Kier alpha value is -2.64. The van der Waals surface area contributed by atoms with Gasteiger partial charge in [0.15, 0.2) is 0 Å². The van der Waals surface area contributed by atoms with Crippen LogP contribution < -0.4 is 10.6 Å². The Bertz CT molecular complexity index is 837. The average Bonchev–Trinajstić information content (AvgIpc) is 2.67. The molecule has 0 radical (unpaired) electrons. The molecule has 164 valence electrons. The SMILES string of the molecule is CC(C)(C)OC(=O)NCc1ccc(NC(=O)C23CCC(C(=O)O)(CC2)CC3)cc1F. The number of carboxylic acid groups (broad SMARTS) is 1. The summed E-state index contributed by atoms with van der Waals surface area (Å²) in [6, 6.07) is 4.34. The predicted molar refractivity (Wildman–Crippen MR) is 108 cm³/mol. The Kier molecular flexibility index (Phi) is 5.80. The molecule has 0 atom stereocenters. The van der Waals surface area contributed by atoms with E-state index in [1.807, 2.05) is 0 Å². The van der Waals surface area contributed by atoms with E-state index in [0.717, 1.165) is 0 Å². The van der Waals surface area contributed by atoms with Gasteiger partial charge >= 0.3 is 12.1 Å². The van der Waals surface area contributed by atoms with E-state index < -0.39 is 34.3 Å². The number of carbonyl (C=O) groups excluding carboxylic acids is 2. The fourth-order valence-electron chi connectivity index (χ4n) is 4.36. The number of hydrogen-bond donors (Lipinski definition) is 3. The molecule has 2 bridgehead atoms. The molecule has 0 heterocycles. The Morgan fingerprint density at radius 2 is 1.63 bits per heavy atom. The summed E-state index contributed by atoms with van der Waals surface area (Å²) in [5.74, 6) is -1.49. The molecule has 0 saturated heterocycles. The van der Waals surface area contributed by atoms with Gasteiger partial charge in [0.2, 0.25) is 5.91 Å². The third-order valence-corrected chi connectivity index (χ3v) is 6.31. The van der Waals surface area contributed by atoms with Gasteiger partial charge in [-0.1, -0.05) is 6.07 Å². The second kappa shape index (κ2) is 7.89. The van der Waals surface area contributed by atoms with Crippen LogP contribution in [0.25, 0.3) is 0 Å². The van der Waals surface area contributed by atoms with Crippen LogP contribution in [-0.2, 0) is 20.9 Å². The van der Waals surface area contributed by atoms with Crippen LogP contribution in [0.3, 0.4) is 0 Å². The summed E-state index contributed by atoms with van der Waals surface area (Å²) in [4.78, 5) is 36.2. The van der Waals surface area contributed by atoms with Crippen LogP contribution in [0.2, 0.25) is 0 Å². The number of nitrogens with one attached hydrogen (secondary N) is 2. The van der Waals surface area contributed by atoms with Crippen LogP contribution in [0.15, 0.2) is 18.2 Å². The largest absolute Gasteiger partial charge is 0.481 e. The number of hydrogen-bond acceptors (Lipinski definition) is 4. The summed E-state index contributed by atoms with van der Waals surface area (Å²) >= 11 is 0. The lowest BCUT2D eigenvalue weighted by molar-refractivity contribution is -0.162. The summed E-state index contributed by atoms with van der Waals surface area (Å²) in [5, 5.41) is 14.8. The van der Waals surface area contributed by atoms with E-state index in [1.54, 1.807) is 26.8 Å². The summed E-state index contributed by atoms with van der Waals surface area (Å²) in [7, 11) is 0. The van der Waals surface area contributed by atoms with Crippen molar-refractivity contribution in [1.82, 2.24) is 5.32 Å². The summed E-state index contributed by atoms with van der Waals surface area (Å²) in [6.45, 7) is 5.19. The third kappa shape index (κ3) is 4.57. The first-order valence-electron chi connectivity index (χ1n) is 10.2. The van der Waals surface area contributed by atoms with Gasteiger partial charge in [0.05, 0.1) is 5.41 Å². The molecule has 1 aromatic rings. The van der Waals surface area contributed by atoms with E-state index in [2.05, 4.69) is 10.6 Å². The van der Waals surface area contributed by atoms with Crippen molar-refractivity contribution in [1.29, 1.82) is 0 Å². The second-order valence-corrected chi connectivity index (χ2v) is 9.48. The minimum Gasteiger partial charge on any atom is -0.481 e. The van der Waals surface area contributed by atoms with Gasteiger partial charge in [-0.25, -0.2) is 9.18 Å². The summed E-state index contributed by atoms with van der Waals surface area (Å²) in [6.07, 6.45) is 2.46. The number of rotatable bonds is 5. The highest BCUT2D eigenvalue weighted by Gasteiger charge is 2.55. The number of aliphatic carboxylic acids is 1. The zero-order valence-corrected chi connectivity index (χ0v) is 17.6. The number of halogens is 1. The average molecular weight is 420 g/mol. The highest BCUT2D eigenvalue weighted by molar-refractivity contribution is 5.96. The molecule has 0 aromatic heterocycles. The highest BCUT2D eigenvalue weighted by atomic mass is 19.1. The quantitative estimate of drug-likeness (QED) is 0.662. The highest BCUT2D eigenvalue weighted by Crippen LogP contribution is 2.57. The first-order valence-corrected chi connectivity index (χ1v) is 10.2. The van der Waals surface area contributed by atoms with Gasteiger partial charge in [-0.2, -0.15) is 0 Å². The third-order valence-electron chi connectivity index (χ3n) is 6.31. The zero-order chi connectivity index (χ0) is 22.2. The smallest absolute Gasteiger partial charge is 0.407 e. The van der Waals surface area contributed by atoms with E-state index in [4.69, 9.17) is 4.74 Å². The van der Waals surface area contributed by atoms with Crippen molar-refractivity contribution in [3.8, 4) is 0 Å². The number of fused-ring (bicyclic) bond motifs is 3. The first kappa shape index (κ1) is 22.1. The van der Waals surface area contributed by atoms with Crippen molar-refractivity contribution < 1.29 is 28.6 Å². The monoisotopic (exact) mass is 420 g/mol. The van der Waals surface area contributed by atoms with Gasteiger partial charge < -0.3 is 20.5 Å². The molecule has 2 amide bonds. The molecule has 0 spiro atoms. The Morgan fingerprint density at radius 3 is 2.13 bits per heavy atom. The fraction of sp³-hybridized carbons (Fsp3) is 0.591. The Labute approximate surface area is 175 Å². The van der Waals surface area contributed by atoms with Crippen LogP contribution >= 0.6 is 0 Å². The number of carbonyl (C=O) groups is 3. The van der Waals surface area contributed by atoms with E-state index >= 15 is 0 Å². The molecular weight excluding hydrogens is 391 g/mol. The number of amides is 2. The van der Waals surface area contributed by atoms with E-state index in [1.165, 1.54) is 12.1 Å². The first-order chi connectivity index (χ1) is 13.9.